The Labute approximate surface area is 105 Å². The zero-order chi connectivity index (χ0) is 13.0. The number of benzene rings is 2. The van der Waals surface area contributed by atoms with Gasteiger partial charge in [0.15, 0.2) is 0 Å². The van der Waals surface area contributed by atoms with Gasteiger partial charge in [-0.1, -0.05) is 30.4 Å². The van der Waals surface area contributed by atoms with Gasteiger partial charge >= 0.3 is 0 Å². The smallest absolute Gasteiger partial charge is 0.115 e. The zero-order valence-corrected chi connectivity index (χ0v) is 9.74. The maximum atomic E-state index is 9.32. The summed E-state index contributed by atoms with van der Waals surface area (Å²) in [7, 11) is 0. The molecule has 3 nitrogen and oxygen atoms in total. The minimum atomic E-state index is -0.121. The largest absolute Gasteiger partial charge is 0.508 e. The molecule has 0 aliphatic carbocycles. The van der Waals surface area contributed by atoms with Crippen LogP contribution in [-0.4, -0.2) is 15.3 Å². The van der Waals surface area contributed by atoms with Crippen LogP contribution < -0.4 is 0 Å². The lowest BCUT2D eigenvalue weighted by molar-refractivity contribution is 0.281. The van der Waals surface area contributed by atoms with Gasteiger partial charge < -0.3 is 15.3 Å². The van der Waals surface area contributed by atoms with Gasteiger partial charge in [0.25, 0.3) is 0 Å². The molecule has 3 N–H and O–H groups in total. The molecule has 0 atom stereocenters. The Kier molecular flexibility index (Phi) is 3.65. The van der Waals surface area contributed by atoms with Crippen molar-refractivity contribution in [1.82, 2.24) is 0 Å². The highest BCUT2D eigenvalue weighted by Crippen LogP contribution is 2.19. The van der Waals surface area contributed by atoms with Crippen molar-refractivity contribution >= 4 is 12.2 Å². The molecule has 18 heavy (non-hydrogen) atoms. The molecule has 2 aromatic rings. The van der Waals surface area contributed by atoms with Crippen molar-refractivity contribution in [2.45, 2.75) is 6.61 Å². The van der Waals surface area contributed by atoms with Gasteiger partial charge in [0, 0.05) is 0 Å². The summed E-state index contributed by atoms with van der Waals surface area (Å²) in [6.07, 6.45) is 3.74. The van der Waals surface area contributed by atoms with Gasteiger partial charge in [-0.25, -0.2) is 0 Å². The average Bonchev–Trinajstić information content (AvgIpc) is 2.39. The van der Waals surface area contributed by atoms with Crippen LogP contribution in [0.3, 0.4) is 0 Å². The van der Waals surface area contributed by atoms with Crippen LogP contribution in [0, 0.1) is 0 Å². The van der Waals surface area contributed by atoms with E-state index in [9.17, 15) is 10.2 Å². The number of hydrogen-bond acceptors (Lipinski definition) is 3. The molecule has 0 radical (unpaired) electrons. The highest BCUT2D eigenvalue weighted by atomic mass is 16.3. The SMILES string of the molecule is OCc1cc(O)ccc1/C=C/c1ccc(O)cc1. The topological polar surface area (TPSA) is 60.7 Å². The van der Waals surface area contributed by atoms with Crippen LogP contribution in [0.25, 0.3) is 12.2 Å². The van der Waals surface area contributed by atoms with E-state index in [2.05, 4.69) is 0 Å². The van der Waals surface area contributed by atoms with E-state index in [4.69, 9.17) is 5.11 Å². The molecular formula is C15H14O3. The lowest BCUT2D eigenvalue weighted by Gasteiger charge is -2.03. The Balaban J connectivity index is 2.25. The number of aliphatic hydroxyl groups is 1. The van der Waals surface area contributed by atoms with Crippen LogP contribution in [0.5, 0.6) is 11.5 Å². The summed E-state index contributed by atoms with van der Waals surface area (Å²) in [5.41, 5.74) is 2.47. The molecule has 92 valence electrons. The Morgan fingerprint density at radius 2 is 1.50 bits per heavy atom. The third kappa shape index (κ3) is 2.90. The third-order valence-corrected chi connectivity index (χ3v) is 2.65. The first kappa shape index (κ1) is 12.2. The number of aromatic hydroxyl groups is 2. The molecule has 0 fully saturated rings. The summed E-state index contributed by atoms with van der Waals surface area (Å²) >= 11 is 0. The van der Waals surface area contributed by atoms with E-state index in [1.807, 2.05) is 12.2 Å². The first-order valence-corrected chi connectivity index (χ1v) is 5.59. The molecule has 0 heterocycles. The van der Waals surface area contributed by atoms with Crippen molar-refractivity contribution in [2.75, 3.05) is 0 Å². The molecule has 0 unspecified atom stereocenters. The van der Waals surface area contributed by atoms with Gasteiger partial charge in [0.1, 0.15) is 11.5 Å². The monoisotopic (exact) mass is 242 g/mol. The quantitative estimate of drug-likeness (QED) is 0.725. The van der Waals surface area contributed by atoms with Gasteiger partial charge in [0.05, 0.1) is 6.61 Å². The Bertz CT molecular complexity index is 556. The van der Waals surface area contributed by atoms with E-state index in [1.54, 1.807) is 36.4 Å². The minimum absolute atomic E-state index is 0.121. The normalized spacial score (nSPS) is 10.9. The van der Waals surface area contributed by atoms with Crippen LogP contribution in [0.1, 0.15) is 16.7 Å². The maximum absolute atomic E-state index is 9.32. The van der Waals surface area contributed by atoms with Crippen molar-refractivity contribution in [1.29, 1.82) is 0 Å². The second-order valence-electron chi connectivity index (χ2n) is 3.97. The van der Waals surface area contributed by atoms with E-state index in [1.165, 1.54) is 6.07 Å². The number of aliphatic hydroxyl groups excluding tert-OH is 1. The summed E-state index contributed by atoms with van der Waals surface area (Å²) in [4.78, 5) is 0. The average molecular weight is 242 g/mol. The van der Waals surface area contributed by atoms with Crippen molar-refractivity contribution < 1.29 is 15.3 Å². The van der Waals surface area contributed by atoms with Crippen LogP contribution in [0.4, 0.5) is 0 Å². The Morgan fingerprint density at radius 1 is 0.833 bits per heavy atom. The summed E-state index contributed by atoms with van der Waals surface area (Å²) in [6, 6.07) is 11.7. The number of hydrogen-bond donors (Lipinski definition) is 3. The van der Waals surface area contributed by atoms with Crippen LogP contribution in [0.15, 0.2) is 42.5 Å². The van der Waals surface area contributed by atoms with Gasteiger partial charge in [-0.3, -0.25) is 0 Å². The van der Waals surface area contributed by atoms with E-state index in [-0.39, 0.29) is 18.1 Å². The molecule has 2 rings (SSSR count). The molecule has 0 amide bonds. The predicted octanol–water partition coefficient (Wildman–Crippen LogP) is 2.76. The standard InChI is InChI=1S/C15H14O3/c16-10-13-9-15(18)8-5-12(13)4-1-11-2-6-14(17)7-3-11/h1-9,16-18H,10H2/b4-1+. The Morgan fingerprint density at radius 3 is 2.17 bits per heavy atom. The molecule has 0 spiro atoms. The number of rotatable bonds is 3. The molecule has 0 aromatic heterocycles. The van der Waals surface area contributed by atoms with Crippen LogP contribution in [-0.2, 0) is 6.61 Å². The number of phenolic OH excluding ortho intramolecular Hbond substituents is 2. The first-order valence-electron chi connectivity index (χ1n) is 5.59. The summed E-state index contributed by atoms with van der Waals surface area (Å²) < 4.78 is 0. The van der Waals surface area contributed by atoms with Crippen LogP contribution in [0.2, 0.25) is 0 Å². The van der Waals surface area contributed by atoms with Gasteiger partial charge in [-0.15, -0.1) is 0 Å². The molecule has 0 saturated carbocycles. The van der Waals surface area contributed by atoms with Crippen LogP contribution >= 0.6 is 0 Å². The lowest BCUT2D eigenvalue weighted by Crippen LogP contribution is -1.87. The van der Waals surface area contributed by atoms with E-state index in [0.29, 0.717) is 5.56 Å². The van der Waals surface area contributed by atoms with Crippen molar-refractivity contribution in [3.05, 3.63) is 59.2 Å². The second kappa shape index (κ2) is 5.38. The molecule has 2 aromatic carbocycles. The summed E-state index contributed by atoms with van der Waals surface area (Å²) in [5.74, 6) is 0.369. The van der Waals surface area contributed by atoms with Crippen molar-refractivity contribution in [3.63, 3.8) is 0 Å². The molecule has 0 bridgehead atoms. The highest BCUT2D eigenvalue weighted by molar-refractivity contribution is 5.71. The lowest BCUT2D eigenvalue weighted by atomic mass is 10.1. The van der Waals surface area contributed by atoms with E-state index < -0.39 is 0 Å². The van der Waals surface area contributed by atoms with Gasteiger partial charge in [-0.05, 0) is 41.0 Å². The number of phenols is 2. The Hall–Kier alpha value is -2.26. The molecule has 3 heteroatoms. The van der Waals surface area contributed by atoms with Crippen molar-refractivity contribution in [2.24, 2.45) is 0 Å². The van der Waals surface area contributed by atoms with E-state index in [0.717, 1.165) is 11.1 Å². The summed E-state index contributed by atoms with van der Waals surface area (Å²) in [6.45, 7) is -0.121. The third-order valence-electron chi connectivity index (χ3n) is 2.65. The zero-order valence-electron chi connectivity index (χ0n) is 9.74. The molecule has 0 aliphatic heterocycles. The molecule has 0 saturated heterocycles. The molecule has 0 aliphatic rings. The highest BCUT2D eigenvalue weighted by Gasteiger charge is 1.99. The fourth-order valence-electron chi connectivity index (χ4n) is 1.66. The predicted molar refractivity (Wildman–Crippen MR) is 71.1 cm³/mol. The second-order valence-corrected chi connectivity index (χ2v) is 3.97. The molecular weight excluding hydrogens is 228 g/mol. The minimum Gasteiger partial charge on any atom is -0.508 e. The van der Waals surface area contributed by atoms with Gasteiger partial charge in [0.2, 0.25) is 0 Å². The maximum Gasteiger partial charge on any atom is 0.115 e. The van der Waals surface area contributed by atoms with Crippen molar-refractivity contribution in [3.8, 4) is 11.5 Å². The first-order chi connectivity index (χ1) is 8.69. The fourth-order valence-corrected chi connectivity index (χ4v) is 1.66. The van der Waals surface area contributed by atoms with E-state index >= 15 is 0 Å². The van der Waals surface area contributed by atoms with Gasteiger partial charge in [-0.2, -0.15) is 0 Å². The summed E-state index contributed by atoms with van der Waals surface area (Å²) in [5, 5.41) is 27.7. The fraction of sp³-hybridized carbons (Fsp3) is 0.0667.